The molecule has 2 heterocycles. The SMILES string of the molecule is CC(C(=O)C(F)(F)F)c1nc(-c2cncn2C)no1. The first-order chi connectivity index (χ1) is 8.80. The van der Waals surface area contributed by atoms with Crippen LogP contribution in [0.15, 0.2) is 17.0 Å². The molecule has 0 saturated heterocycles. The Morgan fingerprint density at radius 3 is 2.68 bits per heavy atom. The van der Waals surface area contributed by atoms with Gasteiger partial charge in [-0.2, -0.15) is 18.2 Å². The van der Waals surface area contributed by atoms with Gasteiger partial charge in [0.2, 0.25) is 17.5 Å². The average molecular weight is 274 g/mol. The first-order valence-corrected chi connectivity index (χ1v) is 5.22. The van der Waals surface area contributed by atoms with Gasteiger partial charge in [-0.1, -0.05) is 5.16 Å². The van der Waals surface area contributed by atoms with Crippen LogP contribution in [0, 0.1) is 0 Å². The van der Waals surface area contributed by atoms with Gasteiger partial charge in [0.1, 0.15) is 11.6 Å². The van der Waals surface area contributed by atoms with Crippen molar-refractivity contribution < 1.29 is 22.5 Å². The maximum absolute atomic E-state index is 12.3. The van der Waals surface area contributed by atoms with Crippen molar-refractivity contribution in [2.75, 3.05) is 0 Å². The normalized spacial score (nSPS) is 13.5. The zero-order chi connectivity index (χ0) is 14.2. The predicted octanol–water partition coefficient (Wildman–Crippen LogP) is 1.70. The zero-order valence-corrected chi connectivity index (χ0v) is 9.97. The second-order valence-electron chi connectivity index (χ2n) is 3.93. The summed E-state index contributed by atoms with van der Waals surface area (Å²) in [6.07, 6.45) is -2.01. The van der Waals surface area contributed by atoms with Gasteiger partial charge in [0.05, 0.1) is 12.5 Å². The van der Waals surface area contributed by atoms with E-state index in [1.165, 1.54) is 12.5 Å². The van der Waals surface area contributed by atoms with Crippen molar-refractivity contribution in [3.63, 3.8) is 0 Å². The van der Waals surface area contributed by atoms with Crippen LogP contribution in [-0.4, -0.2) is 31.7 Å². The first-order valence-electron chi connectivity index (χ1n) is 5.22. The van der Waals surface area contributed by atoms with E-state index in [2.05, 4.69) is 15.1 Å². The molecule has 0 radical (unpaired) electrons. The van der Waals surface area contributed by atoms with Gasteiger partial charge in [0.25, 0.3) is 0 Å². The van der Waals surface area contributed by atoms with Gasteiger partial charge in [0.15, 0.2) is 0 Å². The van der Waals surface area contributed by atoms with Crippen LogP contribution in [0.25, 0.3) is 11.5 Å². The molecule has 0 aliphatic rings. The third-order valence-corrected chi connectivity index (χ3v) is 2.53. The van der Waals surface area contributed by atoms with Crippen molar-refractivity contribution in [3.05, 3.63) is 18.4 Å². The number of nitrogens with zero attached hydrogens (tertiary/aromatic N) is 4. The Morgan fingerprint density at radius 2 is 2.16 bits per heavy atom. The Balaban J connectivity index is 2.27. The molecule has 102 valence electrons. The molecule has 0 N–H and O–H groups in total. The minimum Gasteiger partial charge on any atom is -0.338 e. The van der Waals surface area contributed by atoms with Gasteiger partial charge >= 0.3 is 6.18 Å². The molecule has 19 heavy (non-hydrogen) atoms. The standard InChI is InChI=1S/C10H9F3N4O2/c1-5(7(18)10(11,12)13)9-15-8(16-19-9)6-3-14-4-17(6)2/h3-5H,1-2H3. The fraction of sp³-hybridized carbons (Fsp3) is 0.400. The number of carbonyl (C=O) groups excluding carboxylic acids is 1. The number of rotatable bonds is 3. The minimum absolute atomic E-state index is 0.0804. The van der Waals surface area contributed by atoms with Gasteiger partial charge in [-0.15, -0.1) is 0 Å². The number of Topliss-reactive ketones (excluding diaryl/α,β-unsaturated/α-hetero) is 1. The summed E-state index contributed by atoms with van der Waals surface area (Å²) in [7, 11) is 1.67. The number of halogens is 3. The molecule has 2 aromatic rings. The summed E-state index contributed by atoms with van der Waals surface area (Å²) in [6, 6.07) is 0. The lowest BCUT2D eigenvalue weighted by Gasteiger charge is -2.08. The Hall–Kier alpha value is -2.19. The van der Waals surface area contributed by atoms with Crippen molar-refractivity contribution in [1.82, 2.24) is 19.7 Å². The number of hydrogen-bond donors (Lipinski definition) is 0. The Bertz CT molecular complexity index is 602. The molecule has 2 rings (SSSR count). The van der Waals surface area contributed by atoms with Crippen LogP contribution in [0.2, 0.25) is 0 Å². The van der Waals surface area contributed by atoms with Gasteiger partial charge in [-0.05, 0) is 6.92 Å². The third-order valence-electron chi connectivity index (χ3n) is 2.53. The monoisotopic (exact) mass is 274 g/mol. The van der Waals surface area contributed by atoms with Crippen LogP contribution in [0.3, 0.4) is 0 Å². The van der Waals surface area contributed by atoms with Crippen LogP contribution in [0.1, 0.15) is 18.7 Å². The maximum atomic E-state index is 12.3. The summed E-state index contributed by atoms with van der Waals surface area (Å²) >= 11 is 0. The smallest absolute Gasteiger partial charge is 0.338 e. The zero-order valence-electron chi connectivity index (χ0n) is 9.97. The highest BCUT2D eigenvalue weighted by Gasteiger charge is 2.44. The van der Waals surface area contributed by atoms with Crippen molar-refractivity contribution in [2.45, 2.75) is 19.0 Å². The number of hydrogen-bond acceptors (Lipinski definition) is 5. The van der Waals surface area contributed by atoms with E-state index in [0.29, 0.717) is 5.69 Å². The van der Waals surface area contributed by atoms with Gasteiger partial charge < -0.3 is 9.09 Å². The second kappa shape index (κ2) is 4.48. The second-order valence-corrected chi connectivity index (χ2v) is 3.93. The van der Waals surface area contributed by atoms with Crippen molar-refractivity contribution in [2.24, 2.45) is 7.05 Å². The fourth-order valence-corrected chi connectivity index (χ4v) is 1.45. The molecule has 0 aromatic carbocycles. The molecule has 0 bridgehead atoms. The lowest BCUT2D eigenvalue weighted by molar-refractivity contribution is -0.172. The highest BCUT2D eigenvalue weighted by atomic mass is 19.4. The summed E-state index contributed by atoms with van der Waals surface area (Å²) in [4.78, 5) is 18.7. The molecular weight excluding hydrogens is 265 g/mol. The number of aryl methyl sites for hydroxylation is 1. The van der Waals surface area contributed by atoms with E-state index in [-0.39, 0.29) is 11.7 Å². The van der Waals surface area contributed by atoms with E-state index >= 15 is 0 Å². The number of carbonyl (C=O) groups is 1. The van der Waals surface area contributed by atoms with Crippen LogP contribution in [-0.2, 0) is 11.8 Å². The molecule has 1 atom stereocenters. The highest BCUT2D eigenvalue weighted by molar-refractivity contribution is 5.89. The number of alkyl halides is 3. The lowest BCUT2D eigenvalue weighted by atomic mass is 10.1. The molecule has 6 nitrogen and oxygen atoms in total. The molecule has 0 aliphatic heterocycles. The number of aromatic nitrogens is 4. The minimum atomic E-state index is -4.93. The molecule has 0 saturated carbocycles. The van der Waals surface area contributed by atoms with Crippen molar-refractivity contribution >= 4 is 5.78 Å². The summed E-state index contributed by atoms with van der Waals surface area (Å²) in [6.45, 7) is 1.07. The van der Waals surface area contributed by atoms with Gasteiger partial charge in [-0.3, -0.25) is 4.79 Å². The quantitative estimate of drug-likeness (QED) is 0.851. The number of imidazole rings is 1. The summed E-state index contributed by atoms with van der Waals surface area (Å²) < 4.78 is 43.1. The fourth-order valence-electron chi connectivity index (χ4n) is 1.45. The first kappa shape index (κ1) is 13.2. The molecule has 0 amide bonds. The lowest BCUT2D eigenvalue weighted by Crippen LogP contribution is -2.27. The van der Waals surface area contributed by atoms with Crippen LogP contribution in [0.4, 0.5) is 13.2 Å². The summed E-state index contributed by atoms with van der Waals surface area (Å²) in [5, 5.41) is 3.54. The predicted molar refractivity (Wildman–Crippen MR) is 56.0 cm³/mol. The molecule has 0 aliphatic carbocycles. The van der Waals surface area contributed by atoms with E-state index < -0.39 is 17.9 Å². The maximum Gasteiger partial charge on any atom is 0.450 e. The molecule has 9 heteroatoms. The molecule has 1 unspecified atom stereocenters. The summed E-state index contributed by atoms with van der Waals surface area (Å²) in [5.74, 6) is -3.75. The topological polar surface area (TPSA) is 73.8 Å². The van der Waals surface area contributed by atoms with Crippen molar-refractivity contribution in [1.29, 1.82) is 0 Å². The van der Waals surface area contributed by atoms with Crippen LogP contribution >= 0.6 is 0 Å². The third kappa shape index (κ3) is 2.49. The van der Waals surface area contributed by atoms with Gasteiger partial charge in [-0.25, -0.2) is 4.98 Å². The Labute approximate surface area is 105 Å². The Morgan fingerprint density at radius 1 is 1.47 bits per heavy atom. The molecule has 0 spiro atoms. The Kier molecular flexibility index (Phi) is 3.13. The van der Waals surface area contributed by atoms with Crippen LogP contribution < -0.4 is 0 Å². The van der Waals surface area contributed by atoms with E-state index in [9.17, 15) is 18.0 Å². The van der Waals surface area contributed by atoms with Gasteiger partial charge in [0, 0.05) is 7.05 Å². The summed E-state index contributed by atoms with van der Waals surface area (Å²) in [5.41, 5.74) is 0.474. The van der Waals surface area contributed by atoms with Crippen molar-refractivity contribution in [3.8, 4) is 11.5 Å². The molecular formula is C10H9F3N4O2. The number of ketones is 1. The van der Waals surface area contributed by atoms with E-state index in [1.54, 1.807) is 11.6 Å². The van der Waals surface area contributed by atoms with E-state index in [1.807, 2.05) is 0 Å². The molecule has 2 aromatic heterocycles. The highest BCUT2D eigenvalue weighted by Crippen LogP contribution is 2.27. The van der Waals surface area contributed by atoms with E-state index in [0.717, 1.165) is 6.92 Å². The van der Waals surface area contributed by atoms with E-state index in [4.69, 9.17) is 4.52 Å². The largest absolute Gasteiger partial charge is 0.450 e. The molecule has 0 fully saturated rings. The average Bonchev–Trinajstić information content (AvgIpc) is 2.93. The van der Waals surface area contributed by atoms with Crippen LogP contribution in [0.5, 0.6) is 0 Å².